The average molecular weight is 383 g/mol. The first-order valence-corrected chi connectivity index (χ1v) is 12.1. The Morgan fingerprint density at radius 3 is 1.78 bits per heavy atom. The summed E-state index contributed by atoms with van der Waals surface area (Å²) in [5.74, 6) is 0.662. The number of hydrogen-bond acceptors (Lipinski definition) is 2. The molecule has 0 aliphatic rings. The van der Waals surface area contributed by atoms with Crippen LogP contribution in [-0.2, 0) is 4.74 Å². The second kappa shape index (κ2) is 22.0. The Hall–Kier alpha value is -0.340. The van der Waals surface area contributed by atoms with Gasteiger partial charge in [-0.3, -0.25) is 0 Å². The van der Waals surface area contributed by atoms with Crippen LogP contribution in [0.15, 0.2) is 12.2 Å². The molecule has 0 spiro atoms. The van der Waals surface area contributed by atoms with Crippen LogP contribution in [-0.4, -0.2) is 24.4 Å². The van der Waals surface area contributed by atoms with Crippen molar-refractivity contribution >= 4 is 0 Å². The highest BCUT2D eigenvalue weighted by Gasteiger charge is 2.05. The Labute approximate surface area is 171 Å². The number of hydrogen-bond donors (Lipinski definition) is 1. The van der Waals surface area contributed by atoms with Gasteiger partial charge in [0.15, 0.2) is 0 Å². The number of aliphatic hydroxyl groups excluding tert-OH is 1. The normalized spacial score (nSPS) is 13.1. The summed E-state index contributed by atoms with van der Waals surface area (Å²) in [6.45, 7) is 7.98. The van der Waals surface area contributed by atoms with Crippen LogP contribution < -0.4 is 0 Å². The van der Waals surface area contributed by atoms with E-state index in [9.17, 15) is 5.11 Å². The minimum Gasteiger partial charge on any atom is -0.391 e. The van der Waals surface area contributed by atoms with Gasteiger partial charge in [0, 0.05) is 6.61 Å². The minimum absolute atomic E-state index is 0.276. The zero-order valence-electron chi connectivity index (χ0n) is 18.9. The van der Waals surface area contributed by atoms with E-state index in [2.05, 4.69) is 32.9 Å². The van der Waals surface area contributed by atoms with Crippen LogP contribution in [0.4, 0.5) is 0 Å². The fraction of sp³-hybridized carbons (Fsp3) is 0.920. The SMILES string of the molecule is CCCCCCCC/C=C\CCCCCCCCOCC(O)CCC(C)C. The lowest BCUT2D eigenvalue weighted by Crippen LogP contribution is -2.16. The molecule has 0 rings (SSSR count). The maximum atomic E-state index is 9.80. The van der Waals surface area contributed by atoms with Crippen LogP contribution in [0.25, 0.3) is 0 Å². The molecule has 1 N–H and O–H groups in total. The highest BCUT2D eigenvalue weighted by Crippen LogP contribution is 2.10. The number of allylic oxidation sites excluding steroid dienone is 2. The van der Waals surface area contributed by atoms with E-state index < -0.39 is 0 Å². The monoisotopic (exact) mass is 382 g/mol. The van der Waals surface area contributed by atoms with Crippen LogP contribution in [0.5, 0.6) is 0 Å². The molecule has 0 radical (unpaired) electrons. The van der Waals surface area contributed by atoms with Crippen molar-refractivity contribution in [3.63, 3.8) is 0 Å². The van der Waals surface area contributed by atoms with Crippen LogP contribution in [0.1, 0.15) is 124 Å². The molecule has 0 aromatic heterocycles. The van der Waals surface area contributed by atoms with E-state index in [1.807, 2.05) is 0 Å². The van der Waals surface area contributed by atoms with E-state index in [1.165, 1.54) is 83.5 Å². The van der Waals surface area contributed by atoms with Crippen molar-refractivity contribution in [3.8, 4) is 0 Å². The molecule has 0 aromatic carbocycles. The molecule has 2 nitrogen and oxygen atoms in total. The molecule has 162 valence electrons. The van der Waals surface area contributed by atoms with Gasteiger partial charge in [-0.15, -0.1) is 0 Å². The topological polar surface area (TPSA) is 29.5 Å². The first-order valence-electron chi connectivity index (χ1n) is 12.1. The molecule has 1 unspecified atom stereocenters. The van der Waals surface area contributed by atoms with E-state index in [0.717, 1.165) is 25.9 Å². The molecule has 0 amide bonds. The fourth-order valence-electron chi connectivity index (χ4n) is 3.28. The molecule has 0 saturated heterocycles. The van der Waals surface area contributed by atoms with E-state index in [4.69, 9.17) is 4.74 Å². The van der Waals surface area contributed by atoms with Gasteiger partial charge in [0.1, 0.15) is 0 Å². The Morgan fingerprint density at radius 2 is 1.22 bits per heavy atom. The summed E-state index contributed by atoms with van der Waals surface area (Å²) in [6.07, 6.45) is 25.1. The lowest BCUT2D eigenvalue weighted by molar-refractivity contribution is 0.0285. The van der Waals surface area contributed by atoms with E-state index in [-0.39, 0.29) is 6.10 Å². The average Bonchev–Trinajstić information content (AvgIpc) is 2.65. The van der Waals surface area contributed by atoms with E-state index in [1.54, 1.807) is 0 Å². The molecule has 0 saturated carbocycles. The lowest BCUT2D eigenvalue weighted by Gasteiger charge is -2.12. The molecule has 1 atom stereocenters. The smallest absolute Gasteiger partial charge is 0.0773 e. The molecule has 2 heteroatoms. The van der Waals surface area contributed by atoms with Gasteiger partial charge in [-0.25, -0.2) is 0 Å². The summed E-state index contributed by atoms with van der Waals surface area (Å²) in [5.41, 5.74) is 0. The minimum atomic E-state index is -0.276. The van der Waals surface area contributed by atoms with Gasteiger partial charge >= 0.3 is 0 Å². The van der Waals surface area contributed by atoms with Gasteiger partial charge in [0.25, 0.3) is 0 Å². The maximum Gasteiger partial charge on any atom is 0.0773 e. The molecular weight excluding hydrogens is 332 g/mol. The second-order valence-corrected chi connectivity index (χ2v) is 8.64. The highest BCUT2D eigenvalue weighted by atomic mass is 16.5. The van der Waals surface area contributed by atoms with Crippen LogP contribution in [0.2, 0.25) is 0 Å². The van der Waals surface area contributed by atoms with Crippen molar-refractivity contribution in [2.75, 3.05) is 13.2 Å². The maximum absolute atomic E-state index is 9.80. The third-order valence-electron chi connectivity index (χ3n) is 5.19. The van der Waals surface area contributed by atoms with Gasteiger partial charge < -0.3 is 9.84 Å². The van der Waals surface area contributed by atoms with Crippen molar-refractivity contribution < 1.29 is 9.84 Å². The summed E-state index contributed by atoms with van der Waals surface area (Å²) in [4.78, 5) is 0. The van der Waals surface area contributed by atoms with Crippen molar-refractivity contribution in [2.45, 2.75) is 130 Å². The summed E-state index contributed by atoms with van der Waals surface area (Å²) in [6, 6.07) is 0. The van der Waals surface area contributed by atoms with Crippen molar-refractivity contribution in [2.24, 2.45) is 5.92 Å². The number of rotatable bonds is 21. The predicted molar refractivity (Wildman–Crippen MR) is 120 cm³/mol. The summed E-state index contributed by atoms with van der Waals surface area (Å²) < 4.78 is 5.59. The third kappa shape index (κ3) is 23.6. The molecule has 0 fully saturated rings. The Balaban J connectivity index is 3.15. The molecule has 27 heavy (non-hydrogen) atoms. The molecule has 0 bridgehead atoms. The Morgan fingerprint density at radius 1 is 0.704 bits per heavy atom. The molecule has 0 aliphatic heterocycles. The van der Waals surface area contributed by atoms with Crippen molar-refractivity contribution in [3.05, 3.63) is 12.2 Å². The highest BCUT2D eigenvalue weighted by molar-refractivity contribution is 4.81. The number of unbranched alkanes of at least 4 members (excludes halogenated alkanes) is 12. The molecule has 0 aromatic rings. The zero-order chi connectivity index (χ0) is 20.0. The van der Waals surface area contributed by atoms with Gasteiger partial charge in [0.2, 0.25) is 0 Å². The first kappa shape index (κ1) is 26.7. The van der Waals surface area contributed by atoms with Crippen LogP contribution in [0.3, 0.4) is 0 Å². The number of ether oxygens (including phenoxy) is 1. The third-order valence-corrected chi connectivity index (χ3v) is 5.19. The quantitative estimate of drug-likeness (QED) is 0.162. The van der Waals surface area contributed by atoms with Crippen molar-refractivity contribution in [1.82, 2.24) is 0 Å². The Kier molecular flexibility index (Phi) is 21.7. The summed E-state index contributed by atoms with van der Waals surface area (Å²) in [5, 5.41) is 9.80. The standard InChI is InChI=1S/C25H50O2/c1-4-5-6-7-8-9-10-11-12-13-14-15-16-17-18-19-22-27-23-25(26)21-20-24(2)3/h11-12,24-26H,4-10,13-23H2,1-3H3/b12-11-. The second-order valence-electron chi connectivity index (χ2n) is 8.64. The number of aliphatic hydroxyl groups is 1. The van der Waals surface area contributed by atoms with Crippen LogP contribution >= 0.6 is 0 Å². The lowest BCUT2D eigenvalue weighted by atomic mass is 10.1. The largest absolute Gasteiger partial charge is 0.391 e. The molecule has 0 aliphatic carbocycles. The Bertz CT molecular complexity index is 299. The zero-order valence-corrected chi connectivity index (χ0v) is 18.9. The van der Waals surface area contributed by atoms with Crippen LogP contribution in [0, 0.1) is 5.92 Å². The summed E-state index contributed by atoms with van der Waals surface area (Å²) >= 11 is 0. The molecule has 0 heterocycles. The van der Waals surface area contributed by atoms with Gasteiger partial charge in [0.05, 0.1) is 12.7 Å². The first-order chi connectivity index (χ1) is 13.2. The predicted octanol–water partition coefficient (Wildman–Crippen LogP) is 7.84. The van der Waals surface area contributed by atoms with Gasteiger partial charge in [-0.1, -0.05) is 90.7 Å². The van der Waals surface area contributed by atoms with E-state index >= 15 is 0 Å². The van der Waals surface area contributed by atoms with Gasteiger partial charge in [-0.05, 0) is 50.9 Å². The van der Waals surface area contributed by atoms with Gasteiger partial charge in [-0.2, -0.15) is 0 Å². The van der Waals surface area contributed by atoms with Crippen molar-refractivity contribution in [1.29, 1.82) is 0 Å². The summed E-state index contributed by atoms with van der Waals surface area (Å²) in [7, 11) is 0. The van der Waals surface area contributed by atoms with E-state index in [0.29, 0.717) is 12.5 Å². The fourth-order valence-corrected chi connectivity index (χ4v) is 3.28. The molecular formula is C25H50O2.